The number of fused-ring (bicyclic) bond motifs is 6. The van der Waals surface area contributed by atoms with Crippen molar-refractivity contribution >= 4 is 70.6 Å². The van der Waals surface area contributed by atoms with Gasteiger partial charge in [-0.05, 0) is 131 Å². The smallest absolute Gasteiger partial charge is 0.264 e. The van der Waals surface area contributed by atoms with Crippen molar-refractivity contribution in [1.29, 1.82) is 0 Å². The number of unbranched alkanes of at least 4 members (excludes halogenated alkanes) is 3. The molecule has 0 saturated heterocycles. The summed E-state index contributed by atoms with van der Waals surface area (Å²) in [6.45, 7) is 10.6. The van der Waals surface area contributed by atoms with E-state index in [2.05, 4.69) is 147 Å². The van der Waals surface area contributed by atoms with Crippen LogP contribution in [0.15, 0.2) is 148 Å². The van der Waals surface area contributed by atoms with Crippen LogP contribution in [0.2, 0.25) is 0 Å². The van der Waals surface area contributed by atoms with E-state index in [-0.39, 0.29) is 28.4 Å². The molecule has 0 radical (unpaired) electrons. The highest BCUT2D eigenvalue weighted by atomic mass is 32.2. The molecule has 1 atom stereocenters. The molecule has 2 aliphatic heterocycles. The maximum absolute atomic E-state index is 11.7. The molecule has 0 amide bonds. The van der Waals surface area contributed by atoms with Gasteiger partial charge in [-0.2, -0.15) is 16.8 Å². The Morgan fingerprint density at radius 2 is 1.29 bits per heavy atom. The molecular formula is C53H61N3O6S3. The number of benzene rings is 5. The Kier molecular flexibility index (Phi) is 13.5. The van der Waals surface area contributed by atoms with Crippen molar-refractivity contribution < 1.29 is 25.9 Å². The minimum absolute atomic E-state index is 0.0144. The monoisotopic (exact) mass is 931 g/mol. The highest BCUT2D eigenvalue weighted by Gasteiger charge is 2.44. The van der Waals surface area contributed by atoms with Gasteiger partial charge >= 0.3 is 0 Å². The van der Waals surface area contributed by atoms with Crippen molar-refractivity contribution in [2.24, 2.45) is 0 Å². The molecular weight excluding hydrogens is 871 g/mol. The molecule has 0 bridgehead atoms. The first kappa shape index (κ1) is 46.7. The number of nitrogen functional groups attached to an aromatic ring is 1. The van der Waals surface area contributed by atoms with Crippen molar-refractivity contribution in [2.75, 3.05) is 40.1 Å². The van der Waals surface area contributed by atoms with Crippen LogP contribution in [0, 0.1) is 0 Å². The SMILES string of the molecule is CC1(C)/C(=C\C=C2/CCCC(/C=C/C3N(CCCCS(=O)(=O)O)c4ccc5ccccc5c4C3(C)C)=C2Sc2ccc(N)cc2)N(CCCCCS(=O)(=O)O)c2ccc3ccccc3c21. The number of nitrogens with zero attached hydrogens (tertiary/aromatic N) is 2. The zero-order valence-electron chi connectivity index (χ0n) is 37.8. The number of rotatable bonds is 16. The molecule has 4 N–H and O–H groups in total. The van der Waals surface area contributed by atoms with Gasteiger partial charge in [-0.3, -0.25) is 9.11 Å². The van der Waals surface area contributed by atoms with Gasteiger partial charge in [0.2, 0.25) is 0 Å². The first-order valence-corrected chi connectivity index (χ1v) is 26.8. The van der Waals surface area contributed by atoms with Gasteiger partial charge in [0.25, 0.3) is 20.2 Å². The molecule has 0 spiro atoms. The van der Waals surface area contributed by atoms with E-state index in [1.165, 1.54) is 60.1 Å². The predicted molar refractivity (Wildman–Crippen MR) is 271 cm³/mol. The molecule has 65 heavy (non-hydrogen) atoms. The van der Waals surface area contributed by atoms with E-state index < -0.39 is 20.2 Å². The largest absolute Gasteiger partial charge is 0.399 e. The van der Waals surface area contributed by atoms with Gasteiger partial charge in [0.05, 0.1) is 17.5 Å². The molecule has 0 saturated carbocycles. The summed E-state index contributed by atoms with van der Waals surface area (Å²) in [6, 6.07) is 33.9. The second-order valence-electron chi connectivity index (χ2n) is 18.8. The van der Waals surface area contributed by atoms with E-state index in [4.69, 9.17) is 5.73 Å². The maximum Gasteiger partial charge on any atom is 0.264 e. The van der Waals surface area contributed by atoms with Crippen LogP contribution in [0.25, 0.3) is 21.5 Å². The van der Waals surface area contributed by atoms with Crippen LogP contribution < -0.4 is 15.5 Å². The first-order valence-electron chi connectivity index (χ1n) is 22.8. The Morgan fingerprint density at radius 3 is 1.95 bits per heavy atom. The zero-order valence-corrected chi connectivity index (χ0v) is 40.3. The van der Waals surface area contributed by atoms with Crippen LogP contribution in [0.4, 0.5) is 17.1 Å². The topological polar surface area (TPSA) is 141 Å². The summed E-state index contributed by atoms with van der Waals surface area (Å²) in [5.41, 5.74) is 14.9. The van der Waals surface area contributed by atoms with Gasteiger partial charge in [0.1, 0.15) is 0 Å². The zero-order chi connectivity index (χ0) is 46.1. The Bertz CT molecular complexity index is 2950. The van der Waals surface area contributed by atoms with Gasteiger partial charge in [-0.15, -0.1) is 0 Å². The highest BCUT2D eigenvalue weighted by molar-refractivity contribution is 8.03. The van der Waals surface area contributed by atoms with E-state index >= 15 is 0 Å². The average Bonchev–Trinajstić information content (AvgIpc) is 3.62. The minimum Gasteiger partial charge on any atom is -0.399 e. The average molecular weight is 932 g/mol. The Balaban J connectivity index is 1.19. The van der Waals surface area contributed by atoms with Crippen molar-refractivity contribution in [3.8, 4) is 0 Å². The fourth-order valence-corrected chi connectivity index (χ4v) is 12.7. The van der Waals surface area contributed by atoms with Crippen LogP contribution in [-0.2, 0) is 31.1 Å². The quantitative estimate of drug-likeness (QED) is 0.0497. The molecule has 5 aromatic rings. The van der Waals surface area contributed by atoms with Crippen molar-refractivity contribution in [1.82, 2.24) is 0 Å². The maximum atomic E-state index is 11.7. The molecule has 12 heteroatoms. The van der Waals surface area contributed by atoms with Crippen molar-refractivity contribution in [3.05, 3.63) is 154 Å². The lowest BCUT2D eigenvalue weighted by atomic mass is 9.78. The van der Waals surface area contributed by atoms with Gasteiger partial charge in [-0.25, -0.2) is 0 Å². The summed E-state index contributed by atoms with van der Waals surface area (Å²) in [5, 5.41) is 4.83. The van der Waals surface area contributed by atoms with Crippen molar-refractivity contribution in [2.45, 2.75) is 101 Å². The van der Waals surface area contributed by atoms with E-state index in [9.17, 15) is 25.9 Å². The number of nitrogens with two attached hydrogens (primary N) is 1. The molecule has 3 aliphatic rings. The molecule has 342 valence electrons. The number of hydrogen-bond donors (Lipinski definition) is 3. The van der Waals surface area contributed by atoms with Crippen LogP contribution in [0.5, 0.6) is 0 Å². The third-order valence-corrected chi connectivity index (χ3v) is 16.4. The summed E-state index contributed by atoms with van der Waals surface area (Å²) in [5.74, 6) is -0.489. The van der Waals surface area contributed by atoms with Crippen LogP contribution in [0.1, 0.15) is 90.2 Å². The first-order chi connectivity index (χ1) is 30.9. The summed E-state index contributed by atoms with van der Waals surface area (Å²) in [6.07, 6.45) is 15.0. The number of thioether (sulfide) groups is 1. The fraction of sp³-hybridized carbons (Fsp3) is 0.358. The van der Waals surface area contributed by atoms with Gasteiger partial charge in [0.15, 0.2) is 0 Å². The number of anilines is 3. The second-order valence-corrected chi connectivity index (χ2v) is 23.0. The van der Waals surface area contributed by atoms with Gasteiger partial charge in [0, 0.05) is 56.5 Å². The fourth-order valence-electron chi connectivity index (χ4n) is 10.4. The lowest BCUT2D eigenvalue weighted by Gasteiger charge is -2.33. The summed E-state index contributed by atoms with van der Waals surface area (Å²) in [4.78, 5) is 7.18. The molecule has 0 aromatic heterocycles. The van der Waals surface area contributed by atoms with Crippen LogP contribution in [-0.4, -0.2) is 56.6 Å². The van der Waals surface area contributed by atoms with Crippen molar-refractivity contribution in [3.63, 3.8) is 0 Å². The standard InChI is InChI=1S/C53H61N3O6S3/c1-52(2)47(55(33-10-5-12-35-64(57,58)59)45-29-21-37-15-6-8-19-43(37)49(45)52)31-23-39-17-14-18-40(51(39)63-42-27-25-41(54)26-28-42)24-32-48-53(3,4)50-44-20-9-7-16-38(44)22-30-46(50)56(48)34-11-13-36-65(60,61)62/h6-9,15-16,19-32,48H,5,10-14,17-18,33-36,54H2,1-4H3,(H,57,58,59)(H,60,61,62)/b32-24+,39-23+,47-31+. The normalized spacial score (nSPS) is 19.6. The molecule has 0 fully saturated rings. The van der Waals surface area contributed by atoms with E-state index in [1.807, 2.05) is 12.1 Å². The Morgan fingerprint density at radius 1 is 0.692 bits per heavy atom. The molecule has 2 heterocycles. The summed E-state index contributed by atoms with van der Waals surface area (Å²) < 4.78 is 65.2. The van der Waals surface area contributed by atoms with Gasteiger partial charge in [-0.1, -0.05) is 125 Å². The number of hydrogen-bond acceptors (Lipinski definition) is 8. The molecule has 5 aromatic carbocycles. The second kappa shape index (κ2) is 18.8. The Labute approximate surface area is 389 Å². The summed E-state index contributed by atoms with van der Waals surface area (Å²) >= 11 is 1.77. The number of allylic oxidation sites excluding steroid dienone is 6. The molecule has 1 aliphatic carbocycles. The van der Waals surface area contributed by atoms with Crippen LogP contribution in [0.3, 0.4) is 0 Å². The lowest BCUT2D eigenvalue weighted by Crippen LogP contribution is -2.40. The lowest BCUT2D eigenvalue weighted by molar-refractivity contribution is 0.468. The highest BCUT2D eigenvalue weighted by Crippen LogP contribution is 2.52. The third-order valence-electron chi connectivity index (χ3n) is 13.5. The van der Waals surface area contributed by atoms with E-state index in [0.29, 0.717) is 44.5 Å². The van der Waals surface area contributed by atoms with Gasteiger partial charge < -0.3 is 15.5 Å². The molecule has 9 nitrogen and oxygen atoms in total. The van der Waals surface area contributed by atoms with Crippen LogP contribution >= 0.6 is 11.8 Å². The Hall–Kier alpha value is -4.85. The summed E-state index contributed by atoms with van der Waals surface area (Å²) in [7, 11) is -8.06. The minimum atomic E-state index is -4.05. The molecule has 8 rings (SSSR count). The molecule has 1 unspecified atom stereocenters. The van der Waals surface area contributed by atoms with E-state index in [1.54, 1.807) is 11.8 Å². The predicted octanol–water partition coefficient (Wildman–Crippen LogP) is 12.2. The third kappa shape index (κ3) is 10.1. The van der Waals surface area contributed by atoms with E-state index in [0.717, 1.165) is 36.3 Å².